The number of nitrogens with two attached hydrogens (primary N) is 1. The van der Waals surface area contributed by atoms with E-state index in [4.69, 9.17) is 10.8 Å². The molecule has 5 nitrogen and oxygen atoms in total. The highest BCUT2D eigenvalue weighted by molar-refractivity contribution is 5.90. The number of likely N-dealkylation sites (tertiary alicyclic amines) is 1. The fourth-order valence-corrected chi connectivity index (χ4v) is 2.43. The number of carboxylic acids is 1. The summed E-state index contributed by atoms with van der Waals surface area (Å²) in [7, 11) is 0. The van der Waals surface area contributed by atoms with E-state index in [2.05, 4.69) is 0 Å². The summed E-state index contributed by atoms with van der Waals surface area (Å²) >= 11 is 0. The molecule has 90 valence electrons. The molecule has 2 rings (SSSR count). The fraction of sp³-hybridized carbons (Fsp3) is 0.818. The zero-order valence-corrected chi connectivity index (χ0v) is 9.48. The second-order valence-electron chi connectivity index (χ2n) is 5.05. The number of amides is 1. The SMILES string of the molecule is CC(N)(C(=O)N1CCCC1C(=O)O)C1CC1. The molecule has 2 unspecified atom stereocenters. The predicted molar refractivity (Wildman–Crippen MR) is 57.7 cm³/mol. The third-order valence-corrected chi connectivity index (χ3v) is 3.68. The van der Waals surface area contributed by atoms with Crippen LogP contribution in [0.1, 0.15) is 32.6 Å². The van der Waals surface area contributed by atoms with Crippen molar-refractivity contribution >= 4 is 11.9 Å². The zero-order valence-electron chi connectivity index (χ0n) is 9.48. The quantitative estimate of drug-likeness (QED) is 0.719. The van der Waals surface area contributed by atoms with Gasteiger partial charge in [0.25, 0.3) is 0 Å². The van der Waals surface area contributed by atoms with E-state index in [0.717, 1.165) is 19.3 Å². The third kappa shape index (κ3) is 1.80. The zero-order chi connectivity index (χ0) is 11.9. The molecule has 16 heavy (non-hydrogen) atoms. The number of hydrogen-bond acceptors (Lipinski definition) is 3. The average Bonchev–Trinajstić information content (AvgIpc) is 2.95. The molecule has 3 N–H and O–H groups in total. The van der Waals surface area contributed by atoms with Crippen molar-refractivity contribution in [3.8, 4) is 0 Å². The van der Waals surface area contributed by atoms with E-state index < -0.39 is 17.6 Å². The molecule has 0 aromatic rings. The minimum atomic E-state index is -0.919. The lowest BCUT2D eigenvalue weighted by molar-refractivity contribution is -0.150. The molecule has 2 aliphatic rings. The summed E-state index contributed by atoms with van der Waals surface area (Å²) in [4.78, 5) is 24.6. The molecule has 0 spiro atoms. The second-order valence-corrected chi connectivity index (χ2v) is 5.05. The number of hydrogen-bond donors (Lipinski definition) is 2. The van der Waals surface area contributed by atoms with Gasteiger partial charge in [-0.25, -0.2) is 4.79 Å². The van der Waals surface area contributed by atoms with Crippen LogP contribution in [0, 0.1) is 5.92 Å². The van der Waals surface area contributed by atoms with Gasteiger partial charge in [0.15, 0.2) is 0 Å². The van der Waals surface area contributed by atoms with E-state index >= 15 is 0 Å². The van der Waals surface area contributed by atoms with Gasteiger partial charge in [0.2, 0.25) is 5.91 Å². The molecule has 2 atom stereocenters. The van der Waals surface area contributed by atoms with Crippen LogP contribution in [0.5, 0.6) is 0 Å². The summed E-state index contributed by atoms with van der Waals surface area (Å²) in [6.45, 7) is 2.25. The van der Waals surface area contributed by atoms with Gasteiger partial charge in [-0.1, -0.05) is 0 Å². The first-order chi connectivity index (χ1) is 7.44. The Morgan fingerprint density at radius 3 is 2.50 bits per heavy atom. The van der Waals surface area contributed by atoms with Crippen molar-refractivity contribution in [3.63, 3.8) is 0 Å². The number of nitrogens with zero attached hydrogens (tertiary/aromatic N) is 1. The smallest absolute Gasteiger partial charge is 0.326 e. The molecule has 1 aliphatic carbocycles. The van der Waals surface area contributed by atoms with Crippen LogP contribution in [0.15, 0.2) is 0 Å². The molecule has 0 radical (unpaired) electrons. The van der Waals surface area contributed by atoms with E-state index in [9.17, 15) is 9.59 Å². The summed E-state index contributed by atoms with van der Waals surface area (Å²) in [5.41, 5.74) is 5.15. The van der Waals surface area contributed by atoms with Crippen molar-refractivity contribution in [1.29, 1.82) is 0 Å². The van der Waals surface area contributed by atoms with Gasteiger partial charge < -0.3 is 15.7 Å². The van der Waals surface area contributed by atoms with Gasteiger partial charge >= 0.3 is 5.97 Å². The van der Waals surface area contributed by atoms with Crippen molar-refractivity contribution in [3.05, 3.63) is 0 Å². The summed E-state index contributed by atoms with van der Waals surface area (Å²) in [5.74, 6) is -0.882. The Hall–Kier alpha value is -1.10. The molecule has 1 aliphatic heterocycles. The van der Waals surface area contributed by atoms with Gasteiger partial charge in [-0.05, 0) is 38.5 Å². The lowest BCUT2D eigenvalue weighted by atomic mass is 9.95. The Morgan fingerprint density at radius 1 is 1.38 bits per heavy atom. The summed E-state index contributed by atoms with van der Waals surface area (Å²) in [6, 6.07) is -0.672. The van der Waals surface area contributed by atoms with Gasteiger partial charge in [-0.15, -0.1) is 0 Å². The van der Waals surface area contributed by atoms with Crippen molar-refractivity contribution in [2.24, 2.45) is 11.7 Å². The standard InChI is InChI=1S/C11H18N2O3/c1-11(12,7-4-5-7)10(16)13-6-2-3-8(13)9(14)15/h7-8H,2-6,12H2,1H3,(H,14,15). The number of carbonyl (C=O) groups is 2. The van der Waals surface area contributed by atoms with Gasteiger partial charge in [0.1, 0.15) is 6.04 Å². The maximum atomic E-state index is 12.2. The molecule has 1 saturated heterocycles. The average molecular weight is 226 g/mol. The molecule has 0 aromatic heterocycles. The molecule has 0 aromatic carbocycles. The molecule has 2 fully saturated rings. The van der Waals surface area contributed by atoms with E-state index in [-0.39, 0.29) is 11.8 Å². The van der Waals surface area contributed by atoms with Crippen molar-refractivity contribution in [2.45, 2.75) is 44.2 Å². The van der Waals surface area contributed by atoms with E-state index in [1.54, 1.807) is 6.92 Å². The van der Waals surface area contributed by atoms with Crippen LogP contribution >= 0.6 is 0 Å². The highest BCUT2D eigenvalue weighted by Gasteiger charge is 2.48. The van der Waals surface area contributed by atoms with Gasteiger partial charge in [0, 0.05) is 6.54 Å². The van der Waals surface area contributed by atoms with Crippen LogP contribution in [0.4, 0.5) is 0 Å². The van der Waals surface area contributed by atoms with Crippen LogP contribution in [-0.4, -0.2) is 40.0 Å². The molecule has 1 amide bonds. The summed E-state index contributed by atoms with van der Waals surface area (Å²) in [5, 5.41) is 9.02. The van der Waals surface area contributed by atoms with Crippen LogP contribution in [0.25, 0.3) is 0 Å². The Balaban J connectivity index is 2.11. The Morgan fingerprint density at radius 2 is 2.00 bits per heavy atom. The highest BCUT2D eigenvalue weighted by Crippen LogP contribution is 2.39. The minimum absolute atomic E-state index is 0.195. The van der Waals surface area contributed by atoms with Gasteiger partial charge in [0.05, 0.1) is 5.54 Å². The minimum Gasteiger partial charge on any atom is -0.480 e. The Labute approximate surface area is 94.6 Å². The predicted octanol–water partition coefficient (Wildman–Crippen LogP) is 0.189. The first kappa shape index (κ1) is 11.4. The number of carbonyl (C=O) groups excluding carboxylic acids is 1. The van der Waals surface area contributed by atoms with E-state index in [0.29, 0.717) is 13.0 Å². The van der Waals surface area contributed by atoms with E-state index in [1.165, 1.54) is 4.90 Å². The van der Waals surface area contributed by atoms with Crippen LogP contribution in [-0.2, 0) is 9.59 Å². The van der Waals surface area contributed by atoms with Crippen LogP contribution in [0.3, 0.4) is 0 Å². The first-order valence-corrected chi connectivity index (χ1v) is 5.77. The lowest BCUT2D eigenvalue weighted by Crippen LogP contribution is -2.57. The molecule has 0 bridgehead atoms. The van der Waals surface area contributed by atoms with Crippen LogP contribution < -0.4 is 5.73 Å². The largest absolute Gasteiger partial charge is 0.480 e. The first-order valence-electron chi connectivity index (χ1n) is 5.77. The van der Waals surface area contributed by atoms with E-state index in [1.807, 2.05) is 0 Å². The fourth-order valence-electron chi connectivity index (χ4n) is 2.43. The molecule has 5 heteroatoms. The second kappa shape index (κ2) is 3.73. The van der Waals surface area contributed by atoms with Crippen molar-refractivity contribution < 1.29 is 14.7 Å². The molecular weight excluding hydrogens is 208 g/mol. The normalized spacial score (nSPS) is 28.9. The lowest BCUT2D eigenvalue weighted by Gasteiger charge is -2.31. The highest BCUT2D eigenvalue weighted by atomic mass is 16.4. The number of aliphatic carboxylic acids is 1. The monoisotopic (exact) mass is 226 g/mol. The third-order valence-electron chi connectivity index (χ3n) is 3.68. The summed E-state index contributed by atoms with van der Waals surface area (Å²) < 4.78 is 0. The Kier molecular flexibility index (Phi) is 2.66. The molecule has 1 saturated carbocycles. The maximum absolute atomic E-state index is 12.2. The maximum Gasteiger partial charge on any atom is 0.326 e. The van der Waals surface area contributed by atoms with Gasteiger partial charge in [-0.2, -0.15) is 0 Å². The molecule has 1 heterocycles. The number of carboxylic acid groups (broad SMARTS) is 1. The summed E-state index contributed by atoms with van der Waals surface area (Å²) in [6.07, 6.45) is 3.25. The van der Waals surface area contributed by atoms with Crippen LogP contribution in [0.2, 0.25) is 0 Å². The van der Waals surface area contributed by atoms with Crippen molar-refractivity contribution in [1.82, 2.24) is 4.90 Å². The van der Waals surface area contributed by atoms with Gasteiger partial charge in [-0.3, -0.25) is 4.79 Å². The number of rotatable bonds is 3. The van der Waals surface area contributed by atoms with Crippen molar-refractivity contribution in [2.75, 3.05) is 6.54 Å². The Bertz CT molecular complexity index is 323. The molecular formula is C11H18N2O3. The topological polar surface area (TPSA) is 83.6 Å².